The molecule has 1 aromatic carbocycles. The number of hydrogen-bond acceptors (Lipinski definition) is 2. The van der Waals surface area contributed by atoms with Gasteiger partial charge in [0, 0.05) is 9.37 Å². The Morgan fingerprint density at radius 2 is 2.33 bits per heavy atom. The van der Waals surface area contributed by atoms with Gasteiger partial charge in [0.1, 0.15) is 0 Å². The Balaban J connectivity index is 2.73. The van der Waals surface area contributed by atoms with Gasteiger partial charge >= 0.3 is 0 Å². The Kier molecular flexibility index (Phi) is 2.11. The van der Waals surface area contributed by atoms with Gasteiger partial charge in [0.15, 0.2) is 0 Å². The Labute approximate surface area is 82.9 Å². The zero-order valence-electron chi connectivity index (χ0n) is 6.47. The maximum absolute atomic E-state index is 4.18. The quantitative estimate of drug-likeness (QED) is 0.780. The number of halogens is 1. The van der Waals surface area contributed by atoms with Crippen LogP contribution in [0.15, 0.2) is 27.8 Å². The average molecular weight is 243 g/mol. The third-order valence-corrected chi connectivity index (χ3v) is 3.39. The van der Waals surface area contributed by atoms with Gasteiger partial charge in [0.25, 0.3) is 0 Å². The number of imidazole rings is 1. The smallest absolute Gasteiger partial charge is 0.0931 e. The van der Waals surface area contributed by atoms with E-state index >= 15 is 0 Å². The van der Waals surface area contributed by atoms with Gasteiger partial charge in [0.05, 0.1) is 17.4 Å². The molecule has 62 valence electrons. The molecule has 12 heavy (non-hydrogen) atoms. The fraction of sp³-hybridized carbons (Fsp3) is 0.125. The van der Waals surface area contributed by atoms with Crippen LogP contribution >= 0.6 is 27.7 Å². The second-order valence-electron chi connectivity index (χ2n) is 2.41. The second kappa shape index (κ2) is 3.11. The summed E-state index contributed by atoms with van der Waals surface area (Å²) in [6, 6.07) is 4.12. The van der Waals surface area contributed by atoms with Crippen LogP contribution in [0.25, 0.3) is 11.0 Å². The molecule has 0 aliphatic rings. The molecule has 0 fully saturated rings. The highest BCUT2D eigenvalue weighted by molar-refractivity contribution is 9.10. The third-order valence-electron chi connectivity index (χ3n) is 1.69. The Morgan fingerprint density at radius 3 is 3.08 bits per heavy atom. The van der Waals surface area contributed by atoms with Crippen molar-refractivity contribution >= 4 is 38.7 Å². The molecule has 0 amide bonds. The van der Waals surface area contributed by atoms with E-state index in [4.69, 9.17) is 0 Å². The van der Waals surface area contributed by atoms with Crippen LogP contribution in [-0.2, 0) is 0 Å². The second-order valence-corrected chi connectivity index (χ2v) is 4.11. The van der Waals surface area contributed by atoms with Crippen molar-refractivity contribution in [2.45, 2.75) is 4.90 Å². The third kappa shape index (κ3) is 1.25. The van der Waals surface area contributed by atoms with Gasteiger partial charge < -0.3 is 4.98 Å². The van der Waals surface area contributed by atoms with Crippen LogP contribution in [0.1, 0.15) is 0 Å². The number of nitrogens with one attached hydrogen (secondary N) is 1. The van der Waals surface area contributed by atoms with Crippen LogP contribution < -0.4 is 0 Å². The lowest BCUT2D eigenvalue weighted by atomic mass is 10.3. The number of thioether (sulfide) groups is 1. The molecule has 0 bridgehead atoms. The highest BCUT2D eigenvalue weighted by Gasteiger charge is 2.02. The first kappa shape index (κ1) is 8.13. The molecule has 0 radical (unpaired) electrons. The highest BCUT2D eigenvalue weighted by Crippen LogP contribution is 2.28. The molecule has 0 atom stereocenters. The van der Waals surface area contributed by atoms with Gasteiger partial charge in [-0.1, -0.05) is 0 Å². The minimum atomic E-state index is 1.02. The molecule has 0 saturated carbocycles. The summed E-state index contributed by atoms with van der Waals surface area (Å²) in [5, 5.41) is 0. The van der Waals surface area contributed by atoms with Gasteiger partial charge in [-0.15, -0.1) is 11.8 Å². The first-order valence-corrected chi connectivity index (χ1v) is 5.49. The van der Waals surface area contributed by atoms with Crippen molar-refractivity contribution in [2.75, 3.05) is 6.26 Å². The van der Waals surface area contributed by atoms with Crippen molar-refractivity contribution in [3.63, 3.8) is 0 Å². The van der Waals surface area contributed by atoms with Crippen LogP contribution in [0.2, 0.25) is 0 Å². The van der Waals surface area contributed by atoms with Crippen molar-refractivity contribution in [3.05, 3.63) is 22.9 Å². The largest absolute Gasteiger partial charge is 0.345 e. The average Bonchev–Trinajstić information content (AvgIpc) is 2.49. The molecule has 0 spiro atoms. The number of hydrogen-bond donors (Lipinski definition) is 1. The molecule has 4 heteroatoms. The summed E-state index contributed by atoms with van der Waals surface area (Å²) in [5.41, 5.74) is 2.09. The Morgan fingerprint density at radius 1 is 1.50 bits per heavy atom. The molecule has 1 heterocycles. The van der Waals surface area contributed by atoms with Gasteiger partial charge in [-0.25, -0.2) is 4.98 Å². The van der Waals surface area contributed by atoms with E-state index in [2.05, 4.69) is 38.2 Å². The summed E-state index contributed by atoms with van der Waals surface area (Å²) in [6.07, 6.45) is 3.76. The number of fused-ring (bicyclic) bond motifs is 1. The highest BCUT2D eigenvalue weighted by atomic mass is 79.9. The van der Waals surface area contributed by atoms with Crippen molar-refractivity contribution < 1.29 is 0 Å². The van der Waals surface area contributed by atoms with Crippen LogP contribution in [0, 0.1) is 0 Å². The molecule has 1 N–H and O–H groups in total. The minimum absolute atomic E-state index is 1.02. The van der Waals surface area contributed by atoms with Gasteiger partial charge in [-0.3, -0.25) is 0 Å². The number of aromatic amines is 1. The van der Waals surface area contributed by atoms with Crippen molar-refractivity contribution in [2.24, 2.45) is 0 Å². The molecular formula is C8H7BrN2S. The maximum Gasteiger partial charge on any atom is 0.0931 e. The van der Waals surface area contributed by atoms with Crippen LogP contribution in [-0.4, -0.2) is 16.2 Å². The van der Waals surface area contributed by atoms with E-state index in [0.29, 0.717) is 0 Å². The summed E-state index contributed by atoms with van der Waals surface area (Å²) in [4.78, 5) is 8.46. The molecule has 0 saturated heterocycles. The van der Waals surface area contributed by atoms with E-state index < -0.39 is 0 Å². The SMILES string of the molecule is CSc1cc2nc[nH]c2cc1Br. The minimum Gasteiger partial charge on any atom is -0.345 e. The molecule has 0 unspecified atom stereocenters. The molecule has 2 aromatic rings. The lowest BCUT2D eigenvalue weighted by molar-refractivity contribution is 1.34. The summed E-state index contributed by atoms with van der Waals surface area (Å²) < 4.78 is 1.12. The lowest BCUT2D eigenvalue weighted by Crippen LogP contribution is -1.75. The van der Waals surface area contributed by atoms with E-state index in [9.17, 15) is 0 Å². The molecular weight excluding hydrogens is 236 g/mol. The summed E-state index contributed by atoms with van der Waals surface area (Å²) in [7, 11) is 0. The Hall–Kier alpha value is -0.480. The predicted molar refractivity (Wildman–Crippen MR) is 55.6 cm³/mol. The monoisotopic (exact) mass is 242 g/mol. The fourth-order valence-corrected chi connectivity index (χ4v) is 2.41. The van der Waals surface area contributed by atoms with Crippen molar-refractivity contribution in [1.82, 2.24) is 9.97 Å². The van der Waals surface area contributed by atoms with E-state index in [1.807, 2.05) is 6.07 Å². The van der Waals surface area contributed by atoms with Gasteiger partial charge in [-0.05, 0) is 34.3 Å². The van der Waals surface area contributed by atoms with Crippen LogP contribution in [0.3, 0.4) is 0 Å². The van der Waals surface area contributed by atoms with Gasteiger partial charge in [0.2, 0.25) is 0 Å². The standard InChI is InChI=1S/C8H7BrN2S/c1-12-8-3-7-6(2-5(8)9)10-4-11-7/h2-4H,1H3,(H,10,11). The zero-order chi connectivity index (χ0) is 8.55. The number of nitrogens with zero attached hydrogens (tertiary/aromatic N) is 1. The summed E-state index contributed by atoms with van der Waals surface area (Å²) in [5.74, 6) is 0. The number of H-pyrrole nitrogens is 1. The molecule has 0 aliphatic heterocycles. The fourth-order valence-electron chi connectivity index (χ4n) is 1.09. The van der Waals surface area contributed by atoms with Crippen LogP contribution in [0.5, 0.6) is 0 Å². The summed E-state index contributed by atoms with van der Waals surface area (Å²) in [6.45, 7) is 0. The molecule has 0 aliphatic carbocycles. The number of aromatic nitrogens is 2. The van der Waals surface area contributed by atoms with E-state index in [1.54, 1.807) is 18.1 Å². The Bertz CT molecular complexity index is 410. The predicted octanol–water partition coefficient (Wildman–Crippen LogP) is 3.05. The molecule has 2 nitrogen and oxygen atoms in total. The van der Waals surface area contributed by atoms with E-state index in [1.165, 1.54) is 4.90 Å². The van der Waals surface area contributed by atoms with E-state index in [-0.39, 0.29) is 0 Å². The van der Waals surface area contributed by atoms with Crippen LogP contribution in [0.4, 0.5) is 0 Å². The molecule has 2 rings (SSSR count). The normalized spacial score (nSPS) is 10.8. The molecule has 1 aromatic heterocycles. The zero-order valence-corrected chi connectivity index (χ0v) is 8.87. The van der Waals surface area contributed by atoms with Crippen molar-refractivity contribution in [1.29, 1.82) is 0 Å². The van der Waals surface area contributed by atoms with Gasteiger partial charge in [-0.2, -0.15) is 0 Å². The number of rotatable bonds is 1. The summed E-state index contributed by atoms with van der Waals surface area (Å²) >= 11 is 5.21. The van der Waals surface area contributed by atoms with E-state index in [0.717, 1.165) is 15.5 Å². The topological polar surface area (TPSA) is 28.7 Å². The maximum atomic E-state index is 4.18. The van der Waals surface area contributed by atoms with Crippen molar-refractivity contribution in [3.8, 4) is 0 Å². The first-order chi connectivity index (χ1) is 5.81. The first-order valence-electron chi connectivity index (χ1n) is 3.48. The number of benzene rings is 1. The lowest BCUT2D eigenvalue weighted by Gasteiger charge is -1.98.